The summed E-state index contributed by atoms with van der Waals surface area (Å²) < 4.78 is 5.39. The lowest BCUT2D eigenvalue weighted by Crippen LogP contribution is -2.23. The average Bonchev–Trinajstić information content (AvgIpc) is 3.05. The number of benzene rings is 2. The van der Waals surface area contributed by atoms with Crippen LogP contribution in [0.5, 0.6) is 0 Å². The molecule has 2 aromatic carbocycles. The molecule has 0 aliphatic rings. The van der Waals surface area contributed by atoms with Crippen LogP contribution in [0.4, 0.5) is 0 Å². The second kappa shape index (κ2) is 7.87. The zero-order valence-corrected chi connectivity index (χ0v) is 15.1. The van der Waals surface area contributed by atoms with E-state index in [0.717, 1.165) is 11.1 Å². The van der Waals surface area contributed by atoms with Crippen molar-refractivity contribution in [2.45, 2.75) is 13.0 Å². The molecular weight excluding hydrogens is 385 g/mol. The fourth-order valence-electron chi connectivity index (χ4n) is 2.14. The van der Waals surface area contributed by atoms with Gasteiger partial charge in [-0.15, -0.1) is 10.2 Å². The normalized spacial score (nSPS) is 10.7. The minimum Gasteiger partial charge on any atom is -0.417 e. The molecule has 128 valence electrons. The molecule has 5 nitrogen and oxygen atoms in total. The van der Waals surface area contributed by atoms with Gasteiger partial charge in [-0.05, 0) is 29.3 Å². The van der Waals surface area contributed by atoms with Crippen LogP contribution in [0.2, 0.25) is 15.1 Å². The van der Waals surface area contributed by atoms with E-state index in [-0.39, 0.29) is 18.3 Å². The summed E-state index contributed by atoms with van der Waals surface area (Å²) in [7, 11) is 0. The highest BCUT2D eigenvalue weighted by Crippen LogP contribution is 2.23. The van der Waals surface area contributed by atoms with Gasteiger partial charge in [0.05, 0.1) is 6.42 Å². The Balaban J connectivity index is 1.64. The first-order valence-corrected chi connectivity index (χ1v) is 8.44. The van der Waals surface area contributed by atoms with Crippen LogP contribution in [0.15, 0.2) is 46.9 Å². The predicted molar refractivity (Wildman–Crippen MR) is 96.2 cm³/mol. The summed E-state index contributed by atoms with van der Waals surface area (Å²) in [5.74, 6) is -0.305. The number of nitrogens with zero attached hydrogens (tertiary/aromatic N) is 2. The second-order valence-corrected chi connectivity index (χ2v) is 6.44. The molecule has 1 aromatic heterocycles. The van der Waals surface area contributed by atoms with E-state index in [2.05, 4.69) is 15.5 Å². The van der Waals surface area contributed by atoms with Crippen LogP contribution in [0.3, 0.4) is 0 Å². The highest BCUT2D eigenvalue weighted by molar-refractivity contribution is 6.35. The van der Waals surface area contributed by atoms with E-state index in [1.54, 1.807) is 24.3 Å². The van der Waals surface area contributed by atoms with Crippen LogP contribution < -0.4 is 5.32 Å². The fraction of sp³-hybridized carbons (Fsp3) is 0.118. The van der Waals surface area contributed by atoms with Crippen LogP contribution in [-0.2, 0) is 13.0 Å². The molecule has 0 aliphatic carbocycles. The largest absolute Gasteiger partial charge is 0.417 e. The zero-order valence-electron chi connectivity index (χ0n) is 12.8. The lowest BCUT2D eigenvalue weighted by molar-refractivity contribution is 0.0914. The van der Waals surface area contributed by atoms with Gasteiger partial charge in [0.25, 0.3) is 0 Å². The number of carbonyl (C=O) groups excluding carboxylic acids is 1. The molecule has 0 saturated carbocycles. The minimum absolute atomic E-state index is 0.118. The third-order valence-corrected chi connectivity index (χ3v) is 4.37. The van der Waals surface area contributed by atoms with Crippen LogP contribution in [-0.4, -0.2) is 16.1 Å². The van der Waals surface area contributed by atoms with Gasteiger partial charge >= 0.3 is 11.8 Å². The van der Waals surface area contributed by atoms with Gasteiger partial charge in [-0.3, -0.25) is 4.79 Å². The molecule has 0 fully saturated rings. The third-order valence-electron chi connectivity index (χ3n) is 3.42. The van der Waals surface area contributed by atoms with Gasteiger partial charge in [0.2, 0.25) is 5.89 Å². The molecule has 0 saturated heterocycles. The average molecular weight is 397 g/mol. The molecule has 0 spiro atoms. The summed E-state index contributed by atoms with van der Waals surface area (Å²) in [4.78, 5) is 12.1. The molecule has 25 heavy (non-hydrogen) atoms. The summed E-state index contributed by atoms with van der Waals surface area (Å²) in [6.07, 6.45) is 0.306. The van der Waals surface area contributed by atoms with E-state index < -0.39 is 5.91 Å². The van der Waals surface area contributed by atoms with E-state index in [1.807, 2.05) is 18.2 Å². The quantitative estimate of drug-likeness (QED) is 0.687. The molecule has 1 amide bonds. The number of nitrogens with one attached hydrogen (secondary N) is 1. The van der Waals surface area contributed by atoms with Crippen molar-refractivity contribution in [3.05, 3.63) is 80.4 Å². The number of hydrogen-bond acceptors (Lipinski definition) is 4. The molecule has 8 heteroatoms. The molecule has 0 bridgehead atoms. The van der Waals surface area contributed by atoms with Crippen LogP contribution in [0, 0.1) is 0 Å². The highest BCUT2D eigenvalue weighted by atomic mass is 35.5. The molecule has 0 unspecified atom stereocenters. The van der Waals surface area contributed by atoms with Crippen molar-refractivity contribution in [2.24, 2.45) is 0 Å². The number of halogens is 3. The van der Waals surface area contributed by atoms with Crippen LogP contribution >= 0.6 is 34.8 Å². The lowest BCUT2D eigenvalue weighted by atomic mass is 10.1. The van der Waals surface area contributed by atoms with Gasteiger partial charge in [-0.25, -0.2) is 0 Å². The Labute approximate surface area is 158 Å². The zero-order chi connectivity index (χ0) is 17.8. The van der Waals surface area contributed by atoms with Crippen LogP contribution in [0.1, 0.15) is 27.7 Å². The summed E-state index contributed by atoms with van der Waals surface area (Å²) in [5.41, 5.74) is 1.57. The van der Waals surface area contributed by atoms with Crippen molar-refractivity contribution in [1.29, 1.82) is 0 Å². The van der Waals surface area contributed by atoms with Crippen molar-refractivity contribution >= 4 is 40.7 Å². The first kappa shape index (κ1) is 17.7. The van der Waals surface area contributed by atoms with E-state index >= 15 is 0 Å². The maximum atomic E-state index is 12.1. The Hall–Kier alpha value is -2.08. The number of hydrogen-bond donors (Lipinski definition) is 1. The Morgan fingerprint density at radius 2 is 1.80 bits per heavy atom. The number of amides is 1. The Bertz CT molecular complexity index is 912. The van der Waals surface area contributed by atoms with Crippen molar-refractivity contribution in [3.8, 4) is 0 Å². The smallest absolute Gasteiger partial charge is 0.309 e. The highest BCUT2D eigenvalue weighted by Gasteiger charge is 2.16. The number of rotatable bonds is 5. The predicted octanol–water partition coefficient (Wildman–Crippen LogP) is 4.55. The Morgan fingerprint density at radius 1 is 1.00 bits per heavy atom. The topological polar surface area (TPSA) is 68.0 Å². The van der Waals surface area contributed by atoms with Crippen molar-refractivity contribution in [3.63, 3.8) is 0 Å². The molecule has 3 aromatic rings. The van der Waals surface area contributed by atoms with Crippen molar-refractivity contribution < 1.29 is 9.21 Å². The third kappa shape index (κ3) is 4.51. The van der Waals surface area contributed by atoms with Crippen molar-refractivity contribution in [1.82, 2.24) is 15.5 Å². The van der Waals surface area contributed by atoms with Gasteiger partial charge in [0, 0.05) is 21.6 Å². The van der Waals surface area contributed by atoms with E-state index in [1.165, 1.54) is 0 Å². The van der Waals surface area contributed by atoms with Gasteiger partial charge in [-0.1, -0.05) is 59.1 Å². The van der Waals surface area contributed by atoms with Gasteiger partial charge in [0.1, 0.15) is 0 Å². The Morgan fingerprint density at radius 3 is 2.56 bits per heavy atom. The first-order chi connectivity index (χ1) is 12.0. The summed E-state index contributed by atoms with van der Waals surface area (Å²) in [5, 5.41) is 11.9. The molecule has 0 radical (unpaired) electrons. The van der Waals surface area contributed by atoms with Gasteiger partial charge in [0.15, 0.2) is 0 Å². The van der Waals surface area contributed by atoms with E-state index in [4.69, 9.17) is 39.2 Å². The van der Waals surface area contributed by atoms with Gasteiger partial charge < -0.3 is 9.73 Å². The van der Waals surface area contributed by atoms with Crippen LogP contribution in [0.25, 0.3) is 0 Å². The molecule has 0 atom stereocenters. The summed E-state index contributed by atoms with van der Waals surface area (Å²) in [6, 6.07) is 12.4. The molecule has 1 heterocycles. The maximum absolute atomic E-state index is 12.1. The second-order valence-electron chi connectivity index (χ2n) is 5.19. The maximum Gasteiger partial charge on any atom is 0.309 e. The van der Waals surface area contributed by atoms with E-state index in [9.17, 15) is 4.79 Å². The minimum atomic E-state index is -0.471. The standard InChI is InChI=1S/C17H12Cl3N3O2/c18-12-6-5-10(14(20)8-12)7-15-22-23-17(25-15)16(24)21-9-11-3-1-2-4-13(11)19/h1-6,8H,7,9H2,(H,21,24). The molecule has 0 aliphatic heterocycles. The van der Waals surface area contributed by atoms with E-state index in [0.29, 0.717) is 21.5 Å². The fourth-order valence-corrected chi connectivity index (χ4v) is 2.82. The Kier molecular flexibility index (Phi) is 5.58. The lowest BCUT2D eigenvalue weighted by Gasteiger charge is -2.04. The summed E-state index contributed by atoms with van der Waals surface area (Å²) in [6.45, 7) is 0.263. The SMILES string of the molecule is O=C(NCc1ccccc1Cl)c1nnc(Cc2ccc(Cl)cc2Cl)o1. The first-order valence-electron chi connectivity index (χ1n) is 7.31. The summed E-state index contributed by atoms with van der Waals surface area (Å²) >= 11 is 18.0. The van der Waals surface area contributed by atoms with Gasteiger partial charge in [-0.2, -0.15) is 0 Å². The monoisotopic (exact) mass is 395 g/mol. The number of aromatic nitrogens is 2. The molecular formula is C17H12Cl3N3O2. The number of carbonyl (C=O) groups is 1. The molecule has 1 N–H and O–H groups in total. The molecule has 3 rings (SSSR count). The van der Waals surface area contributed by atoms with Crippen molar-refractivity contribution in [2.75, 3.05) is 0 Å².